The van der Waals surface area contributed by atoms with Gasteiger partial charge in [-0.3, -0.25) is 14.7 Å². The molecule has 1 aromatic heterocycles. The molecule has 0 fully saturated rings. The van der Waals surface area contributed by atoms with Crippen molar-refractivity contribution in [2.45, 2.75) is 5.54 Å². The number of aliphatic imine (C=N–C) groups is 1. The smallest absolute Gasteiger partial charge is 0.266 e. The Kier molecular flexibility index (Phi) is 3.82. The number of ether oxygens (including phenoxy) is 1. The third kappa shape index (κ3) is 2.41. The molecule has 2 aliphatic rings. The van der Waals surface area contributed by atoms with Crippen LogP contribution in [-0.4, -0.2) is 28.8 Å². The molecule has 0 saturated heterocycles. The Morgan fingerprint density at radius 2 is 1.83 bits per heavy atom. The Balaban J connectivity index is 1.81. The number of benzene rings is 2. The fourth-order valence-electron chi connectivity index (χ4n) is 3.88. The van der Waals surface area contributed by atoms with E-state index in [1.165, 1.54) is 4.90 Å². The van der Waals surface area contributed by atoms with E-state index in [4.69, 9.17) is 22.1 Å². The number of pyridine rings is 1. The van der Waals surface area contributed by atoms with Crippen LogP contribution in [0.1, 0.15) is 16.7 Å². The number of fused-ring (bicyclic) bond motifs is 4. The number of guanidine groups is 1. The first-order valence-electron chi connectivity index (χ1n) is 9.05. The molecule has 2 N–H and O–H groups in total. The summed E-state index contributed by atoms with van der Waals surface area (Å²) in [6, 6.07) is 14.3. The van der Waals surface area contributed by atoms with Gasteiger partial charge >= 0.3 is 0 Å². The van der Waals surface area contributed by atoms with E-state index in [1.54, 1.807) is 49.8 Å². The molecule has 1 unspecified atom stereocenters. The summed E-state index contributed by atoms with van der Waals surface area (Å²) < 4.78 is 6.07. The molecule has 5 rings (SSSR count). The number of carbonyl (C=O) groups is 1. The number of nitrogens with zero attached hydrogens (tertiary/aromatic N) is 4. The standard InChI is InChI=1S/C22H14ClN5O2/c1-28-20(29)22(27-21(28)25)16-6-12(9-24)2-4-18(16)30-19-5-3-13(8-17(19)22)14-7-15(23)11-26-10-14/h2-8,10-11H,1H3,(H2,25,27). The molecular weight excluding hydrogens is 402 g/mol. The number of carbonyl (C=O) groups excluding carboxylic acids is 1. The molecule has 1 spiro atoms. The third-order valence-electron chi connectivity index (χ3n) is 5.37. The van der Waals surface area contributed by atoms with Gasteiger partial charge in [-0.05, 0) is 42.0 Å². The van der Waals surface area contributed by atoms with Crippen LogP contribution < -0.4 is 10.5 Å². The Bertz CT molecular complexity index is 1310. The summed E-state index contributed by atoms with van der Waals surface area (Å²) in [6.07, 6.45) is 3.24. The highest BCUT2D eigenvalue weighted by Crippen LogP contribution is 2.52. The lowest BCUT2D eigenvalue weighted by Gasteiger charge is -2.33. The molecule has 0 bridgehead atoms. The average molecular weight is 416 g/mol. The largest absolute Gasteiger partial charge is 0.457 e. The quantitative estimate of drug-likeness (QED) is 0.655. The van der Waals surface area contributed by atoms with Gasteiger partial charge < -0.3 is 10.5 Å². The van der Waals surface area contributed by atoms with Crippen molar-refractivity contribution in [3.8, 4) is 28.7 Å². The van der Waals surface area contributed by atoms with Gasteiger partial charge in [-0.15, -0.1) is 0 Å². The maximum absolute atomic E-state index is 13.5. The first-order valence-corrected chi connectivity index (χ1v) is 9.43. The second-order valence-corrected chi connectivity index (χ2v) is 7.51. The summed E-state index contributed by atoms with van der Waals surface area (Å²) in [4.78, 5) is 23.5. The zero-order valence-corrected chi connectivity index (χ0v) is 16.5. The molecule has 0 radical (unpaired) electrons. The van der Waals surface area contributed by atoms with Gasteiger partial charge in [0.15, 0.2) is 5.96 Å². The Hall–Kier alpha value is -3.89. The van der Waals surface area contributed by atoms with Crippen LogP contribution in [0.2, 0.25) is 5.02 Å². The summed E-state index contributed by atoms with van der Waals surface area (Å²) in [7, 11) is 1.57. The zero-order valence-electron chi connectivity index (χ0n) is 15.8. The van der Waals surface area contributed by atoms with Gasteiger partial charge in [0.1, 0.15) is 11.5 Å². The topological polar surface area (TPSA) is 105 Å². The molecule has 146 valence electrons. The van der Waals surface area contributed by atoms with Crippen LogP contribution in [-0.2, 0) is 10.3 Å². The van der Waals surface area contributed by atoms with Crippen LogP contribution in [0.15, 0.2) is 59.9 Å². The molecule has 0 saturated carbocycles. The zero-order chi connectivity index (χ0) is 21.0. The fourth-order valence-corrected chi connectivity index (χ4v) is 4.05. The van der Waals surface area contributed by atoms with E-state index in [2.05, 4.69) is 16.0 Å². The van der Waals surface area contributed by atoms with Gasteiger partial charge in [0.2, 0.25) is 5.54 Å². The fraction of sp³-hybridized carbons (Fsp3) is 0.0909. The maximum atomic E-state index is 13.5. The second kappa shape index (κ2) is 6.31. The Morgan fingerprint density at radius 3 is 2.50 bits per heavy atom. The normalized spacial score (nSPS) is 19.0. The summed E-state index contributed by atoms with van der Waals surface area (Å²) in [5, 5.41) is 9.89. The lowest BCUT2D eigenvalue weighted by atomic mass is 9.78. The van der Waals surface area contributed by atoms with Crippen LogP contribution in [0, 0.1) is 11.3 Å². The summed E-state index contributed by atoms with van der Waals surface area (Å²) in [6.45, 7) is 0. The molecule has 3 aromatic rings. The van der Waals surface area contributed by atoms with Crippen LogP contribution in [0.5, 0.6) is 11.5 Å². The predicted octanol–water partition coefficient (Wildman–Crippen LogP) is 3.41. The molecule has 1 atom stereocenters. The van der Waals surface area contributed by atoms with Crippen LogP contribution in [0.4, 0.5) is 0 Å². The van der Waals surface area contributed by atoms with Crippen molar-refractivity contribution >= 4 is 23.5 Å². The van der Waals surface area contributed by atoms with Gasteiger partial charge in [0.05, 0.1) is 16.7 Å². The van der Waals surface area contributed by atoms with Crippen molar-refractivity contribution in [1.29, 1.82) is 5.26 Å². The molecular formula is C22H14ClN5O2. The van der Waals surface area contributed by atoms with Gasteiger partial charge in [-0.25, -0.2) is 4.99 Å². The first kappa shape index (κ1) is 18.2. The van der Waals surface area contributed by atoms with Gasteiger partial charge in [0, 0.05) is 36.1 Å². The molecule has 2 aliphatic heterocycles. The number of rotatable bonds is 1. The number of nitrogens with two attached hydrogens (primary N) is 1. The summed E-state index contributed by atoms with van der Waals surface area (Å²) >= 11 is 6.10. The summed E-state index contributed by atoms with van der Waals surface area (Å²) in [5.41, 5.74) is 7.61. The number of hydrogen-bond acceptors (Lipinski definition) is 6. The highest BCUT2D eigenvalue weighted by Gasteiger charge is 2.54. The van der Waals surface area contributed by atoms with E-state index in [0.717, 1.165) is 11.1 Å². The highest BCUT2D eigenvalue weighted by atomic mass is 35.5. The van der Waals surface area contributed by atoms with E-state index in [1.807, 2.05) is 12.1 Å². The Labute approximate surface area is 177 Å². The van der Waals surface area contributed by atoms with Crippen molar-refractivity contribution in [2.24, 2.45) is 10.7 Å². The number of hydrogen-bond donors (Lipinski definition) is 1. The van der Waals surface area contributed by atoms with Crippen molar-refractivity contribution in [2.75, 3.05) is 7.05 Å². The van der Waals surface area contributed by atoms with E-state index in [-0.39, 0.29) is 11.9 Å². The van der Waals surface area contributed by atoms with Gasteiger partial charge in [-0.2, -0.15) is 5.26 Å². The van der Waals surface area contributed by atoms with Gasteiger partial charge in [0.25, 0.3) is 5.91 Å². The Morgan fingerprint density at radius 1 is 1.10 bits per heavy atom. The van der Waals surface area contributed by atoms with Gasteiger partial charge in [-0.1, -0.05) is 17.7 Å². The van der Waals surface area contributed by atoms with Crippen LogP contribution in [0.25, 0.3) is 11.1 Å². The van der Waals surface area contributed by atoms with Crippen molar-refractivity contribution in [3.05, 3.63) is 76.6 Å². The second-order valence-electron chi connectivity index (χ2n) is 7.07. The molecule has 1 amide bonds. The first-order chi connectivity index (χ1) is 14.4. The number of aromatic nitrogens is 1. The molecule has 7 nitrogen and oxygen atoms in total. The SMILES string of the molecule is CN1C(=O)C2(N=C1N)c1cc(C#N)ccc1Oc1ccc(-c3cncc(Cl)c3)cc12. The molecule has 30 heavy (non-hydrogen) atoms. The predicted molar refractivity (Wildman–Crippen MR) is 111 cm³/mol. The van der Waals surface area contributed by atoms with Crippen molar-refractivity contribution < 1.29 is 9.53 Å². The minimum absolute atomic E-state index is 0.0935. The number of nitriles is 1. The van der Waals surface area contributed by atoms with E-state index in [9.17, 15) is 10.1 Å². The van der Waals surface area contributed by atoms with Crippen molar-refractivity contribution in [3.63, 3.8) is 0 Å². The average Bonchev–Trinajstić information content (AvgIpc) is 2.98. The number of amides is 1. The van der Waals surface area contributed by atoms with E-state index >= 15 is 0 Å². The minimum atomic E-state index is -1.43. The molecule has 2 aromatic carbocycles. The molecule has 0 aliphatic carbocycles. The van der Waals surface area contributed by atoms with Crippen molar-refractivity contribution in [1.82, 2.24) is 9.88 Å². The lowest BCUT2D eigenvalue weighted by Crippen LogP contribution is -2.42. The van der Waals surface area contributed by atoms with E-state index < -0.39 is 5.54 Å². The summed E-state index contributed by atoms with van der Waals surface area (Å²) in [5.74, 6) is 0.725. The van der Waals surface area contributed by atoms with Crippen LogP contribution >= 0.6 is 11.6 Å². The number of likely N-dealkylation sites (N-methyl/N-ethyl adjacent to an activating group) is 1. The molecule has 8 heteroatoms. The monoisotopic (exact) mass is 415 g/mol. The highest BCUT2D eigenvalue weighted by molar-refractivity contribution is 6.30. The third-order valence-corrected chi connectivity index (χ3v) is 5.57. The molecule has 3 heterocycles. The lowest BCUT2D eigenvalue weighted by molar-refractivity contribution is -0.129. The van der Waals surface area contributed by atoms with Crippen LogP contribution in [0.3, 0.4) is 0 Å². The minimum Gasteiger partial charge on any atom is -0.457 e. The maximum Gasteiger partial charge on any atom is 0.266 e. The van der Waals surface area contributed by atoms with E-state index in [0.29, 0.717) is 33.2 Å². The number of halogens is 1.